The highest BCUT2D eigenvalue weighted by Crippen LogP contribution is 2.11. The number of aliphatic carboxylic acids is 1. The van der Waals surface area contributed by atoms with Crippen LogP contribution >= 0.6 is 0 Å². The summed E-state index contributed by atoms with van der Waals surface area (Å²) in [6.45, 7) is 1.51. The molecule has 1 atom stereocenters. The molecule has 1 aromatic rings. The SMILES string of the molecule is CC(CC(=O)O)NC(=O)c1cccc(S(=O)(=O)O)c1. The molecule has 0 bridgehead atoms. The molecule has 0 radical (unpaired) electrons. The maximum Gasteiger partial charge on any atom is 0.305 e. The molecular weight excluding hydrogens is 274 g/mol. The molecule has 1 amide bonds. The van der Waals surface area contributed by atoms with Gasteiger partial charge >= 0.3 is 5.97 Å². The fourth-order valence-corrected chi connectivity index (χ4v) is 1.94. The summed E-state index contributed by atoms with van der Waals surface area (Å²) in [5.41, 5.74) is 0.0207. The second-order valence-corrected chi connectivity index (χ2v) is 5.40. The Balaban J connectivity index is 2.86. The number of carboxylic acid groups (broad SMARTS) is 1. The van der Waals surface area contributed by atoms with Crippen molar-refractivity contribution in [3.05, 3.63) is 29.8 Å². The smallest absolute Gasteiger partial charge is 0.305 e. The molecule has 0 saturated carbocycles. The van der Waals surface area contributed by atoms with E-state index in [1.807, 2.05) is 0 Å². The Labute approximate surface area is 110 Å². The highest BCUT2D eigenvalue weighted by Gasteiger charge is 2.15. The van der Waals surface area contributed by atoms with Crippen LogP contribution in [-0.4, -0.2) is 36.0 Å². The monoisotopic (exact) mass is 287 g/mol. The van der Waals surface area contributed by atoms with E-state index in [0.717, 1.165) is 12.1 Å². The van der Waals surface area contributed by atoms with Crippen molar-refractivity contribution in [2.45, 2.75) is 24.3 Å². The van der Waals surface area contributed by atoms with Gasteiger partial charge in [0.15, 0.2) is 0 Å². The van der Waals surface area contributed by atoms with Crippen molar-refractivity contribution in [3.8, 4) is 0 Å². The molecular formula is C11H13NO6S. The van der Waals surface area contributed by atoms with E-state index in [1.54, 1.807) is 0 Å². The first-order valence-corrected chi connectivity index (χ1v) is 6.74. The number of rotatable bonds is 5. The van der Waals surface area contributed by atoms with Gasteiger partial charge in [0.1, 0.15) is 0 Å². The van der Waals surface area contributed by atoms with Gasteiger partial charge in [-0.3, -0.25) is 14.1 Å². The van der Waals surface area contributed by atoms with Crippen LogP contribution in [0, 0.1) is 0 Å². The summed E-state index contributed by atoms with van der Waals surface area (Å²) in [4.78, 5) is 21.8. The number of hydrogen-bond donors (Lipinski definition) is 3. The lowest BCUT2D eigenvalue weighted by Gasteiger charge is -2.11. The number of nitrogens with one attached hydrogen (secondary N) is 1. The van der Waals surface area contributed by atoms with E-state index in [1.165, 1.54) is 19.1 Å². The Morgan fingerprint density at radius 3 is 2.53 bits per heavy atom. The molecule has 0 aromatic heterocycles. The van der Waals surface area contributed by atoms with E-state index in [4.69, 9.17) is 9.66 Å². The summed E-state index contributed by atoms with van der Waals surface area (Å²) in [5.74, 6) is -1.67. The molecule has 0 heterocycles. The molecule has 0 aliphatic carbocycles. The number of carbonyl (C=O) groups is 2. The first-order chi connectivity index (χ1) is 8.70. The first-order valence-electron chi connectivity index (χ1n) is 5.30. The van der Waals surface area contributed by atoms with E-state index >= 15 is 0 Å². The lowest BCUT2D eigenvalue weighted by atomic mass is 10.2. The minimum absolute atomic E-state index is 0.0207. The van der Waals surface area contributed by atoms with Gasteiger partial charge in [-0.15, -0.1) is 0 Å². The van der Waals surface area contributed by atoms with Crippen molar-refractivity contribution in [3.63, 3.8) is 0 Å². The van der Waals surface area contributed by atoms with Crippen molar-refractivity contribution < 1.29 is 27.7 Å². The number of carboxylic acids is 1. The Hall–Kier alpha value is -1.93. The lowest BCUT2D eigenvalue weighted by Crippen LogP contribution is -2.34. The van der Waals surface area contributed by atoms with Gasteiger partial charge in [0.25, 0.3) is 16.0 Å². The number of hydrogen-bond acceptors (Lipinski definition) is 4. The largest absolute Gasteiger partial charge is 0.481 e. The van der Waals surface area contributed by atoms with E-state index in [2.05, 4.69) is 5.32 Å². The van der Waals surface area contributed by atoms with Crippen LogP contribution in [-0.2, 0) is 14.9 Å². The zero-order valence-electron chi connectivity index (χ0n) is 10.0. The highest BCUT2D eigenvalue weighted by atomic mass is 32.2. The molecule has 104 valence electrons. The maximum atomic E-state index is 11.7. The highest BCUT2D eigenvalue weighted by molar-refractivity contribution is 7.85. The van der Waals surface area contributed by atoms with Crippen LogP contribution in [0.3, 0.4) is 0 Å². The summed E-state index contributed by atoms with van der Waals surface area (Å²) < 4.78 is 30.7. The van der Waals surface area contributed by atoms with Crippen LogP contribution in [0.15, 0.2) is 29.2 Å². The van der Waals surface area contributed by atoms with Gasteiger partial charge in [-0.1, -0.05) is 6.07 Å². The Morgan fingerprint density at radius 2 is 2.00 bits per heavy atom. The van der Waals surface area contributed by atoms with E-state index in [-0.39, 0.29) is 12.0 Å². The fraction of sp³-hybridized carbons (Fsp3) is 0.273. The Morgan fingerprint density at radius 1 is 1.37 bits per heavy atom. The van der Waals surface area contributed by atoms with Crippen molar-refractivity contribution in [1.29, 1.82) is 0 Å². The summed E-state index contributed by atoms with van der Waals surface area (Å²) >= 11 is 0. The predicted octanol–water partition coefficient (Wildman–Crippen LogP) is 0.526. The minimum atomic E-state index is -4.38. The minimum Gasteiger partial charge on any atom is -0.481 e. The van der Waals surface area contributed by atoms with Crippen molar-refractivity contribution in [2.24, 2.45) is 0 Å². The Bertz CT molecular complexity index is 595. The number of benzene rings is 1. The van der Waals surface area contributed by atoms with Crippen LogP contribution in [0.4, 0.5) is 0 Å². The zero-order valence-corrected chi connectivity index (χ0v) is 10.8. The standard InChI is InChI=1S/C11H13NO6S/c1-7(5-10(13)14)12-11(15)8-3-2-4-9(6-8)19(16,17)18/h2-4,6-7H,5H2,1H3,(H,12,15)(H,13,14)(H,16,17,18). The van der Waals surface area contributed by atoms with Crippen LogP contribution < -0.4 is 5.32 Å². The van der Waals surface area contributed by atoms with Gasteiger partial charge in [0.05, 0.1) is 11.3 Å². The molecule has 8 heteroatoms. The predicted molar refractivity (Wildman–Crippen MR) is 65.4 cm³/mol. The maximum absolute atomic E-state index is 11.7. The molecule has 0 spiro atoms. The second-order valence-electron chi connectivity index (χ2n) is 3.98. The van der Waals surface area contributed by atoms with E-state index in [0.29, 0.717) is 0 Å². The third-order valence-electron chi connectivity index (χ3n) is 2.25. The van der Waals surface area contributed by atoms with Crippen molar-refractivity contribution >= 4 is 22.0 Å². The summed E-state index contributed by atoms with van der Waals surface area (Å²) in [7, 11) is -4.38. The summed E-state index contributed by atoms with van der Waals surface area (Å²) in [6, 6.07) is 4.22. The molecule has 0 fully saturated rings. The molecule has 7 nitrogen and oxygen atoms in total. The molecule has 1 aromatic carbocycles. The molecule has 3 N–H and O–H groups in total. The molecule has 1 rings (SSSR count). The van der Waals surface area contributed by atoms with Gasteiger partial charge in [0, 0.05) is 11.6 Å². The van der Waals surface area contributed by atoms with Gasteiger partial charge in [-0.05, 0) is 25.1 Å². The van der Waals surface area contributed by atoms with Crippen molar-refractivity contribution in [2.75, 3.05) is 0 Å². The fourth-order valence-electron chi connectivity index (χ4n) is 1.42. The average molecular weight is 287 g/mol. The van der Waals surface area contributed by atoms with Crippen LogP contribution in [0.25, 0.3) is 0 Å². The summed E-state index contributed by atoms with van der Waals surface area (Å²) in [6.07, 6.45) is -0.246. The van der Waals surface area contributed by atoms with Gasteiger partial charge in [-0.2, -0.15) is 8.42 Å². The Kier molecular flexibility index (Phi) is 4.62. The number of carbonyl (C=O) groups excluding carboxylic acids is 1. The van der Waals surface area contributed by atoms with E-state index < -0.39 is 32.9 Å². The zero-order chi connectivity index (χ0) is 14.6. The van der Waals surface area contributed by atoms with Gasteiger partial charge < -0.3 is 10.4 Å². The lowest BCUT2D eigenvalue weighted by molar-refractivity contribution is -0.137. The molecule has 1 unspecified atom stereocenters. The topological polar surface area (TPSA) is 121 Å². The molecule has 0 aliphatic heterocycles. The second kappa shape index (κ2) is 5.81. The van der Waals surface area contributed by atoms with Gasteiger partial charge in [0.2, 0.25) is 0 Å². The third kappa shape index (κ3) is 4.68. The molecule has 0 aliphatic rings. The van der Waals surface area contributed by atoms with E-state index in [9.17, 15) is 18.0 Å². The average Bonchev–Trinajstić information content (AvgIpc) is 2.26. The summed E-state index contributed by atoms with van der Waals surface area (Å²) in [5, 5.41) is 11.0. The van der Waals surface area contributed by atoms with Crippen LogP contribution in [0.1, 0.15) is 23.7 Å². The quantitative estimate of drug-likeness (QED) is 0.679. The first kappa shape index (κ1) is 15.1. The number of amides is 1. The van der Waals surface area contributed by atoms with Gasteiger partial charge in [-0.25, -0.2) is 0 Å². The normalized spacial score (nSPS) is 12.7. The van der Waals surface area contributed by atoms with Crippen molar-refractivity contribution in [1.82, 2.24) is 5.32 Å². The molecule has 0 saturated heterocycles. The molecule has 19 heavy (non-hydrogen) atoms. The van der Waals surface area contributed by atoms with Crippen LogP contribution in [0.5, 0.6) is 0 Å². The van der Waals surface area contributed by atoms with Crippen LogP contribution in [0.2, 0.25) is 0 Å². The third-order valence-corrected chi connectivity index (χ3v) is 3.10.